The van der Waals surface area contributed by atoms with Crippen LogP contribution in [0.5, 0.6) is 0 Å². The minimum Gasteiger partial charge on any atom is -0.394 e. The molecular formula is C26H37N3O5. The van der Waals surface area contributed by atoms with Gasteiger partial charge in [0.25, 0.3) is 0 Å². The smallest absolute Gasteiger partial charge is 0.245 e. The summed E-state index contributed by atoms with van der Waals surface area (Å²) < 4.78 is 6.71. The number of carbonyl (C=O) groups is 3. The highest BCUT2D eigenvalue weighted by Gasteiger charge is 2.79. The van der Waals surface area contributed by atoms with Crippen molar-refractivity contribution in [3.63, 3.8) is 0 Å². The molecule has 1 aromatic rings. The summed E-state index contributed by atoms with van der Waals surface area (Å²) >= 11 is 0. The quantitative estimate of drug-likeness (QED) is 0.455. The summed E-state index contributed by atoms with van der Waals surface area (Å²) in [5.74, 6) is -2.23. The highest BCUT2D eigenvalue weighted by Crippen LogP contribution is 2.64. The number of para-hydroxylation sites is 1. The van der Waals surface area contributed by atoms with Crippen LogP contribution in [0, 0.1) is 11.8 Å². The molecule has 0 aliphatic carbocycles. The van der Waals surface area contributed by atoms with Crippen LogP contribution < -0.4 is 10.6 Å². The van der Waals surface area contributed by atoms with Crippen molar-refractivity contribution in [2.75, 3.05) is 18.5 Å². The number of hydrogen-bond acceptors (Lipinski definition) is 5. The van der Waals surface area contributed by atoms with Crippen LogP contribution in [-0.4, -0.2) is 64.2 Å². The van der Waals surface area contributed by atoms with E-state index in [1.54, 1.807) is 0 Å². The molecule has 1 spiro atoms. The van der Waals surface area contributed by atoms with Gasteiger partial charge in [-0.05, 0) is 44.2 Å². The number of rotatable bonds is 10. The van der Waals surface area contributed by atoms with E-state index in [1.165, 1.54) is 4.90 Å². The number of benzene rings is 1. The van der Waals surface area contributed by atoms with Gasteiger partial charge in [0.15, 0.2) is 0 Å². The number of hydrogen-bond donors (Lipinski definition) is 3. The number of aliphatic hydroxyl groups excluding tert-OH is 1. The third kappa shape index (κ3) is 3.71. The maximum Gasteiger partial charge on any atom is 0.245 e. The van der Waals surface area contributed by atoms with E-state index in [0.717, 1.165) is 12.8 Å². The third-order valence-electron chi connectivity index (χ3n) is 8.10. The fourth-order valence-electron chi connectivity index (χ4n) is 6.39. The van der Waals surface area contributed by atoms with Gasteiger partial charge in [0, 0.05) is 12.2 Å². The first-order chi connectivity index (χ1) is 16.4. The monoisotopic (exact) mass is 471 g/mol. The van der Waals surface area contributed by atoms with Crippen molar-refractivity contribution in [1.29, 1.82) is 0 Å². The Morgan fingerprint density at radius 2 is 1.91 bits per heavy atom. The van der Waals surface area contributed by atoms with Crippen molar-refractivity contribution >= 4 is 23.4 Å². The summed E-state index contributed by atoms with van der Waals surface area (Å²) in [6.45, 7) is 6.18. The van der Waals surface area contributed by atoms with Crippen LogP contribution in [0.25, 0.3) is 0 Å². The summed E-state index contributed by atoms with van der Waals surface area (Å²) in [7, 11) is 0. The van der Waals surface area contributed by atoms with Crippen LogP contribution in [0.4, 0.5) is 5.69 Å². The van der Waals surface area contributed by atoms with Gasteiger partial charge in [-0.3, -0.25) is 14.4 Å². The van der Waals surface area contributed by atoms with Gasteiger partial charge in [0.05, 0.1) is 30.1 Å². The van der Waals surface area contributed by atoms with Crippen LogP contribution in [-0.2, 0) is 19.1 Å². The fraction of sp³-hybridized carbons (Fsp3) is 0.654. The Hall–Kier alpha value is -2.45. The van der Waals surface area contributed by atoms with Crippen LogP contribution in [0.3, 0.4) is 0 Å². The number of likely N-dealkylation sites (tertiary alicyclic amines) is 1. The summed E-state index contributed by atoms with van der Waals surface area (Å²) in [4.78, 5) is 42.7. The number of unbranched alkanes of at least 4 members (excludes halogenated alkanes) is 1. The lowest BCUT2D eigenvalue weighted by Gasteiger charge is -2.37. The van der Waals surface area contributed by atoms with Crippen LogP contribution in [0.2, 0.25) is 0 Å². The summed E-state index contributed by atoms with van der Waals surface area (Å²) in [6, 6.07) is 7.82. The van der Waals surface area contributed by atoms with E-state index in [1.807, 2.05) is 51.1 Å². The molecule has 3 saturated heterocycles. The van der Waals surface area contributed by atoms with E-state index >= 15 is 0 Å². The number of nitrogens with one attached hydrogen (secondary N) is 2. The van der Waals surface area contributed by atoms with Crippen molar-refractivity contribution in [3.05, 3.63) is 30.3 Å². The Kier molecular flexibility index (Phi) is 7.01. The van der Waals surface area contributed by atoms with Gasteiger partial charge in [-0.2, -0.15) is 0 Å². The Morgan fingerprint density at radius 1 is 1.18 bits per heavy atom. The summed E-state index contributed by atoms with van der Waals surface area (Å²) in [5, 5.41) is 16.0. The molecule has 2 unspecified atom stereocenters. The molecule has 0 saturated carbocycles. The first-order valence-electron chi connectivity index (χ1n) is 12.7. The van der Waals surface area contributed by atoms with Gasteiger partial charge in [0.1, 0.15) is 11.6 Å². The molecule has 1 aromatic carbocycles. The lowest BCUT2D eigenvalue weighted by atomic mass is 9.65. The molecule has 6 atom stereocenters. The average Bonchev–Trinajstić information content (AvgIpc) is 3.45. The molecule has 8 heteroatoms. The number of nitrogens with zero attached hydrogens (tertiary/aromatic N) is 1. The zero-order valence-corrected chi connectivity index (χ0v) is 20.4. The van der Waals surface area contributed by atoms with Crippen molar-refractivity contribution in [3.8, 4) is 0 Å². The van der Waals surface area contributed by atoms with Gasteiger partial charge < -0.3 is 25.4 Å². The van der Waals surface area contributed by atoms with Gasteiger partial charge in [0.2, 0.25) is 17.7 Å². The molecule has 3 aliphatic rings. The average molecular weight is 472 g/mol. The van der Waals surface area contributed by atoms with Gasteiger partial charge in [-0.1, -0.05) is 45.4 Å². The summed E-state index contributed by atoms with van der Waals surface area (Å²) in [6.07, 6.45) is 4.00. The molecule has 186 valence electrons. The van der Waals surface area contributed by atoms with E-state index in [4.69, 9.17) is 4.74 Å². The number of aliphatic hydroxyl groups is 1. The lowest BCUT2D eigenvalue weighted by Crippen LogP contribution is -2.58. The minimum atomic E-state index is -1.06. The van der Waals surface area contributed by atoms with E-state index in [-0.39, 0.29) is 24.3 Å². The fourth-order valence-corrected chi connectivity index (χ4v) is 6.39. The Morgan fingerprint density at radius 3 is 2.53 bits per heavy atom. The predicted molar refractivity (Wildman–Crippen MR) is 128 cm³/mol. The third-order valence-corrected chi connectivity index (χ3v) is 8.10. The predicted octanol–water partition coefficient (Wildman–Crippen LogP) is 2.47. The normalized spacial score (nSPS) is 32.5. The molecule has 4 rings (SSSR count). The number of ether oxygens (including phenoxy) is 1. The molecule has 3 N–H and O–H groups in total. The first kappa shape index (κ1) is 24.7. The number of anilines is 1. The Bertz CT molecular complexity index is 920. The van der Waals surface area contributed by atoms with Crippen LogP contribution in [0.1, 0.15) is 59.3 Å². The van der Waals surface area contributed by atoms with E-state index in [9.17, 15) is 19.5 Å². The molecule has 2 bridgehead atoms. The topological polar surface area (TPSA) is 108 Å². The zero-order valence-electron chi connectivity index (χ0n) is 20.4. The Balaban J connectivity index is 1.73. The molecule has 8 nitrogen and oxygen atoms in total. The summed E-state index contributed by atoms with van der Waals surface area (Å²) in [5.41, 5.74) is -1.19. The molecule has 3 fully saturated rings. The van der Waals surface area contributed by atoms with Gasteiger partial charge in [-0.25, -0.2) is 0 Å². The second-order valence-corrected chi connectivity index (χ2v) is 9.82. The number of carbonyl (C=O) groups excluding carboxylic acids is 3. The number of amides is 3. The maximum atomic E-state index is 14.0. The van der Waals surface area contributed by atoms with Crippen LogP contribution in [0.15, 0.2) is 30.3 Å². The highest BCUT2D eigenvalue weighted by molar-refractivity contribution is 6.02. The van der Waals surface area contributed by atoms with Gasteiger partial charge in [-0.15, -0.1) is 0 Å². The van der Waals surface area contributed by atoms with Crippen molar-refractivity contribution < 1.29 is 24.2 Å². The SMILES string of the molecule is CCCCNC(=O)C1N([C@@H](CC)CO)C(=O)[C@@H]2[C@@H](C(=O)Nc3ccccc3)[C@@]3(CC)CCC12O3. The second-order valence-electron chi connectivity index (χ2n) is 9.82. The lowest BCUT2D eigenvalue weighted by molar-refractivity contribution is -0.150. The molecule has 3 amide bonds. The van der Waals surface area contributed by atoms with Gasteiger partial charge >= 0.3 is 0 Å². The van der Waals surface area contributed by atoms with Crippen molar-refractivity contribution in [1.82, 2.24) is 10.2 Å². The second kappa shape index (κ2) is 9.66. The standard InChI is InChI=1S/C26H37N3O5/c1-4-7-15-27-23(32)21-26-14-13-25(6-3,34-26)19(22(31)28-17-11-9-8-10-12-17)20(26)24(33)29(21)18(5-2)16-30/h8-12,18-21,30H,4-7,13-16H2,1-3H3,(H,27,32)(H,28,31)/t18-,19-,20-,21?,25+,26?/m0/s1. The molecule has 34 heavy (non-hydrogen) atoms. The maximum absolute atomic E-state index is 14.0. The minimum absolute atomic E-state index is 0.246. The van der Waals surface area contributed by atoms with Crippen molar-refractivity contribution in [2.24, 2.45) is 11.8 Å². The van der Waals surface area contributed by atoms with Crippen LogP contribution >= 0.6 is 0 Å². The van der Waals surface area contributed by atoms with E-state index < -0.39 is 35.1 Å². The highest BCUT2D eigenvalue weighted by atomic mass is 16.5. The number of fused-ring (bicyclic) bond motifs is 1. The van der Waals surface area contributed by atoms with Crippen molar-refractivity contribution in [2.45, 2.75) is 82.6 Å². The Labute approximate surface area is 201 Å². The van der Waals surface area contributed by atoms with E-state index in [0.29, 0.717) is 37.9 Å². The molecular weight excluding hydrogens is 434 g/mol. The largest absolute Gasteiger partial charge is 0.394 e. The molecule has 3 heterocycles. The zero-order chi connectivity index (χ0) is 24.5. The molecule has 0 aromatic heterocycles. The molecule has 0 radical (unpaired) electrons. The first-order valence-corrected chi connectivity index (χ1v) is 12.7. The van der Waals surface area contributed by atoms with E-state index in [2.05, 4.69) is 10.6 Å². The molecule has 3 aliphatic heterocycles.